The van der Waals surface area contributed by atoms with Crippen LogP contribution in [-0.2, 0) is 0 Å². The first-order valence-corrected chi connectivity index (χ1v) is 5.98. The van der Waals surface area contributed by atoms with E-state index in [9.17, 15) is 0 Å². The topological polar surface area (TPSA) is 24.9 Å². The SMILES string of the molecule is CC(Nc1ccc(Br)cc1)c1ccccn1. The Bertz CT molecular complexity index is 439. The Labute approximate surface area is 104 Å². The highest BCUT2D eigenvalue weighted by molar-refractivity contribution is 9.10. The lowest BCUT2D eigenvalue weighted by molar-refractivity contribution is 0.839. The molecule has 0 saturated carbocycles. The number of nitrogens with one attached hydrogen (secondary N) is 1. The molecule has 0 amide bonds. The van der Waals surface area contributed by atoms with Crippen LogP contribution in [0.2, 0.25) is 0 Å². The third-order valence-corrected chi connectivity index (χ3v) is 2.89. The first kappa shape index (κ1) is 11.1. The molecule has 2 nitrogen and oxygen atoms in total. The highest BCUT2D eigenvalue weighted by Crippen LogP contribution is 2.19. The van der Waals surface area contributed by atoms with Crippen LogP contribution in [0.3, 0.4) is 0 Å². The van der Waals surface area contributed by atoms with Crippen molar-refractivity contribution < 1.29 is 0 Å². The van der Waals surface area contributed by atoms with Gasteiger partial charge in [0.25, 0.3) is 0 Å². The van der Waals surface area contributed by atoms with Crippen molar-refractivity contribution in [2.24, 2.45) is 0 Å². The molecule has 2 rings (SSSR count). The number of nitrogens with zero attached hydrogens (tertiary/aromatic N) is 1. The van der Waals surface area contributed by atoms with Crippen molar-refractivity contribution in [3.63, 3.8) is 0 Å². The minimum Gasteiger partial charge on any atom is -0.377 e. The molecule has 1 aromatic heterocycles. The molecule has 0 aliphatic carbocycles. The molecule has 0 fully saturated rings. The Morgan fingerprint density at radius 3 is 2.50 bits per heavy atom. The molecule has 1 atom stereocenters. The first-order chi connectivity index (χ1) is 7.75. The number of anilines is 1. The van der Waals surface area contributed by atoms with Crippen LogP contribution >= 0.6 is 15.9 Å². The zero-order chi connectivity index (χ0) is 11.4. The van der Waals surface area contributed by atoms with Crippen LogP contribution < -0.4 is 5.32 Å². The summed E-state index contributed by atoms with van der Waals surface area (Å²) < 4.78 is 1.09. The molecular weight excluding hydrogens is 264 g/mol. The van der Waals surface area contributed by atoms with E-state index < -0.39 is 0 Å². The van der Waals surface area contributed by atoms with Crippen molar-refractivity contribution in [3.05, 3.63) is 58.8 Å². The van der Waals surface area contributed by atoms with E-state index in [0.717, 1.165) is 15.9 Å². The lowest BCUT2D eigenvalue weighted by Crippen LogP contribution is -2.07. The van der Waals surface area contributed by atoms with Crippen LogP contribution in [0.4, 0.5) is 5.69 Å². The largest absolute Gasteiger partial charge is 0.377 e. The van der Waals surface area contributed by atoms with Crippen molar-refractivity contribution in [1.82, 2.24) is 4.98 Å². The molecule has 0 bridgehead atoms. The predicted molar refractivity (Wildman–Crippen MR) is 70.4 cm³/mol. The van der Waals surface area contributed by atoms with Gasteiger partial charge in [0.05, 0.1) is 11.7 Å². The molecule has 0 aliphatic rings. The summed E-state index contributed by atoms with van der Waals surface area (Å²) in [4.78, 5) is 4.32. The number of halogens is 1. The fourth-order valence-corrected chi connectivity index (χ4v) is 1.77. The molecule has 1 unspecified atom stereocenters. The molecule has 0 radical (unpaired) electrons. The van der Waals surface area contributed by atoms with Crippen molar-refractivity contribution in [1.29, 1.82) is 0 Å². The van der Waals surface area contributed by atoms with Gasteiger partial charge in [-0.15, -0.1) is 0 Å². The van der Waals surface area contributed by atoms with Gasteiger partial charge in [-0.2, -0.15) is 0 Å². The number of benzene rings is 1. The molecule has 1 aromatic carbocycles. The molecule has 0 spiro atoms. The molecule has 0 aliphatic heterocycles. The fourth-order valence-electron chi connectivity index (χ4n) is 1.50. The normalized spacial score (nSPS) is 12.1. The number of hydrogen-bond donors (Lipinski definition) is 1. The van der Waals surface area contributed by atoms with Gasteiger partial charge in [0.15, 0.2) is 0 Å². The van der Waals surface area contributed by atoms with Crippen molar-refractivity contribution in [2.75, 3.05) is 5.32 Å². The Hall–Kier alpha value is -1.35. The second-order valence-electron chi connectivity index (χ2n) is 3.63. The highest BCUT2D eigenvalue weighted by atomic mass is 79.9. The second kappa shape index (κ2) is 5.12. The van der Waals surface area contributed by atoms with Gasteiger partial charge in [-0.05, 0) is 43.3 Å². The van der Waals surface area contributed by atoms with Crippen molar-refractivity contribution in [3.8, 4) is 0 Å². The minimum absolute atomic E-state index is 0.211. The van der Waals surface area contributed by atoms with Crippen LogP contribution in [0.25, 0.3) is 0 Å². The summed E-state index contributed by atoms with van der Waals surface area (Å²) in [5, 5.41) is 3.40. The van der Waals surface area contributed by atoms with Crippen molar-refractivity contribution in [2.45, 2.75) is 13.0 Å². The highest BCUT2D eigenvalue weighted by Gasteiger charge is 2.05. The maximum absolute atomic E-state index is 4.32. The van der Waals surface area contributed by atoms with Gasteiger partial charge in [0, 0.05) is 16.4 Å². The second-order valence-corrected chi connectivity index (χ2v) is 4.54. The van der Waals surface area contributed by atoms with E-state index in [-0.39, 0.29) is 6.04 Å². The standard InChI is InChI=1S/C13H13BrN2/c1-10(13-4-2-3-9-15-13)16-12-7-5-11(14)6-8-12/h2-10,16H,1H3. The van der Waals surface area contributed by atoms with Crippen LogP contribution in [0.1, 0.15) is 18.7 Å². The van der Waals surface area contributed by atoms with Gasteiger partial charge >= 0.3 is 0 Å². The predicted octanol–water partition coefficient (Wildman–Crippen LogP) is 4.02. The number of pyridine rings is 1. The maximum atomic E-state index is 4.32. The Kier molecular flexibility index (Phi) is 3.57. The molecule has 1 heterocycles. The van der Waals surface area contributed by atoms with Gasteiger partial charge in [-0.3, -0.25) is 4.98 Å². The van der Waals surface area contributed by atoms with E-state index in [1.54, 1.807) is 0 Å². The Morgan fingerprint density at radius 1 is 1.12 bits per heavy atom. The molecule has 16 heavy (non-hydrogen) atoms. The Balaban J connectivity index is 2.08. The average Bonchev–Trinajstić information content (AvgIpc) is 2.33. The number of aromatic nitrogens is 1. The zero-order valence-corrected chi connectivity index (χ0v) is 10.6. The Morgan fingerprint density at radius 2 is 1.88 bits per heavy atom. The van der Waals surface area contributed by atoms with Gasteiger partial charge < -0.3 is 5.32 Å². The van der Waals surface area contributed by atoms with Gasteiger partial charge in [0.2, 0.25) is 0 Å². The van der Waals surface area contributed by atoms with E-state index in [4.69, 9.17) is 0 Å². The van der Waals surface area contributed by atoms with E-state index >= 15 is 0 Å². The zero-order valence-electron chi connectivity index (χ0n) is 9.02. The molecule has 3 heteroatoms. The molecular formula is C13H13BrN2. The molecule has 1 N–H and O–H groups in total. The smallest absolute Gasteiger partial charge is 0.0657 e. The van der Waals surface area contributed by atoms with Gasteiger partial charge in [-0.1, -0.05) is 22.0 Å². The molecule has 2 aromatic rings. The number of rotatable bonds is 3. The van der Waals surface area contributed by atoms with E-state index in [1.165, 1.54) is 0 Å². The van der Waals surface area contributed by atoms with Gasteiger partial charge in [0.1, 0.15) is 0 Å². The summed E-state index contributed by atoms with van der Waals surface area (Å²) in [6, 6.07) is 14.3. The van der Waals surface area contributed by atoms with Crippen LogP contribution in [0.15, 0.2) is 53.1 Å². The van der Waals surface area contributed by atoms with Crippen LogP contribution in [-0.4, -0.2) is 4.98 Å². The summed E-state index contributed by atoms with van der Waals surface area (Å²) in [5.74, 6) is 0. The third-order valence-electron chi connectivity index (χ3n) is 2.36. The lowest BCUT2D eigenvalue weighted by Gasteiger charge is -2.14. The van der Waals surface area contributed by atoms with Crippen LogP contribution in [0.5, 0.6) is 0 Å². The maximum Gasteiger partial charge on any atom is 0.0657 e. The van der Waals surface area contributed by atoms with Crippen molar-refractivity contribution >= 4 is 21.6 Å². The van der Waals surface area contributed by atoms with E-state index in [0.29, 0.717) is 0 Å². The summed E-state index contributed by atoms with van der Waals surface area (Å²) >= 11 is 3.42. The fraction of sp³-hybridized carbons (Fsp3) is 0.154. The first-order valence-electron chi connectivity index (χ1n) is 5.19. The van der Waals surface area contributed by atoms with E-state index in [1.807, 2.05) is 48.7 Å². The summed E-state index contributed by atoms with van der Waals surface area (Å²) in [6.07, 6.45) is 1.81. The quantitative estimate of drug-likeness (QED) is 0.916. The van der Waals surface area contributed by atoms with Gasteiger partial charge in [-0.25, -0.2) is 0 Å². The molecule has 82 valence electrons. The molecule has 0 saturated heterocycles. The lowest BCUT2D eigenvalue weighted by atomic mass is 10.2. The average molecular weight is 277 g/mol. The summed E-state index contributed by atoms with van der Waals surface area (Å²) in [7, 11) is 0. The summed E-state index contributed by atoms with van der Waals surface area (Å²) in [5.41, 5.74) is 2.15. The third kappa shape index (κ3) is 2.83. The van der Waals surface area contributed by atoms with E-state index in [2.05, 4.69) is 33.2 Å². The minimum atomic E-state index is 0.211. The number of hydrogen-bond acceptors (Lipinski definition) is 2. The monoisotopic (exact) mass is 276 g/mol. The van der Waals surface area contributed by atoms with Crippen LogP contribution in [0, 0.1) is 0 Å². The summed E-state index contributed by atoms with van der Waals surface area (Å²) in [6.45, 7) is 2.10.